The molecule has 178 valence electrons. The maximum absolute atomic E-state index is 13.0. The smallest absolute Gasteiger partial charge is 0.222 e. The molecule has 1 aliphatic rings. The molecule has 31 heavy (non-hydrogen) atoms. The van der Waals surface area contributed by atoms with Gasteiger partial charge < -0.3 is 19.9 Å². The first-order valence-electron chi connectivity index (χ1n) is 12.1. The highest BCUT2D eigenvalue weighted by Crippen LogP contribution is 2.36. The molecule has 1 aromatic heterocycles. The maximum Gasteiger partial charge on any atom is 0.222 e. The zero-order valence-corrected chi connectivity index (χ0v) is 20.5. The van der Waals surface area contributed by atoms with Crippen LogP contribution in [0.3, 0.4) is 0 Å². The first-order chi connectivity index (χ1) is 15.0. The number of carbonyl (C=O) groups excluding carboxylic acids is 1. The number of rotatable bonds is 14. The number of nitrogens with one attached hydrogen (secondary N) is 2. The van der Waals surface area contributed by atoms with Crippen LogP contribution in [0.5, 0.6) is 0 Å². The third-order valence-electron chi connectivity index (χ3n) is 6.48. The molecule has 1 fully saturated rings. The Bertz CT molecular complexity index is 625. The van der Waals surface area contributed by atoms with Gasteiger partial charge in [-0.25, -0.2) is 0 Å². The largest absolute Gasteiger partial charge is 0.385 e. The van der Waals surface area contributed by atoms with E-state index in [9.17, 15) is 4.79 Å². The first kappa shape index (κ1) is 25.8. The van der Waals surface area contributed by atoms with E-state index in [4.69, 9.17) is 4.74 Å². The van der Waals surface area contributed by atoms with Crippen LogP contribution >= 0.6 is 0 Å². The Morgan fingerprint density at radius 1 is 1.29 bits per heavy atom. The highest BCUT2D eigenvalue weighted by molar-refractivity contribution is 5.76. The van der Waals surface area contributed by atoms with Gasteiger partial charge in [0.1, 0.15) is 0 Å². The summed E-state index contributed by atoms with van der Waals surface area (Å²) in [4.78, 5) is 17.5. The molecule has 0 bridgehead atoms. The Balaban J connectivity index is 1.94. The van der Waals surface area contributed by atoms with Gasteiger partial charge in [0, 0.05) is 69.5 Å². The number of nitrogens with zero attached hydrogens (tertiary/aromatic N) is 3. The molecule has 1 aliphatic carbocycles. The molecule has 0 aliphatic heterocycles. The van der Waals surface area contributed by atoms with Crippen LogP contribution in [0.1, 0.15) is 76.0 Å². The van der Waals surface area contributed by atoms with Crippen molar-refractivity contribution in [3.05, 3.63) is 17.5 Å². The number of carbonyl (C=O) groups is 1. The molecule has 1 amide bonds. The fourth-order valence-electron chi connectivity index (χ4n) is 4.60. The van der Waals surface area contributed by atoms with Crippen molar-refractivity contribution in [3.63, 3.8) is 0 Å². The Morgan fingerprint density at radius 2 is 2.03 bits per heavy atom. The summed E-state index contributed by atoms with van der Waals surface area (Å²) in [6.07, 6.45) is 8.88. The number of aromatic nitrogens is 2. The number of hydrogen-bond donors (Lipinski definition) is 2. The average molecular weight is 436 g/mol. The number of hydrogen-bond acceptors (Lipinski definition) is 5. The molecule has 7 nitrogen and oxygen atoms in total. The highest BCUT2D eigenvalue weighted by Gasteiger charge is 2.30. The van der Waals surface area contributed by atoms with Gasteiger partial charge in [0.25, 0.3) is 0 Å². The molecule has 1 heterocycles. The lowest BCUT2D eigenvalue weighted by Crippen LogP contribution is -2.43. The summed E-state index contributed by atoms with van der Waals surface area (Å²) in [5, 5.41) is 10.9. The van der Waals surface area contributed by atoms with E-state index in [1.807, 2.05) is 13.2 Å². The normalized spacial score (nSPS) is 19.3. The lowest BCUT2D eigenvalue weighted by molar-refractivity contribution is -0.134. The number of H-pyrrole nitrogens is 1. The lowest BCUT2D eigenvalue weighted by atomic mass is 9.82. The van der Waals surface area contributed by atoms with Crippen LogP contribution in [0.15, 0.2) is 6.20 Å². The molecule has 2 N–H and O–H groups in total. The summed E-state index contributed by atoms with van der Waals surface area (Å²) in [5.41, 5.74) is 2.61. The fourth-order valence-corrected chi connectivity index (χ4v) is 4.60. The van der Waals surface area contributed by atoms with Crippen LogP contribution in [-0.4, -0.2) is 79.4 Å². The number of likely N-dealkylation sites (N-methyl/N-ethyl adjacent to an activating group) is 2. The SMILES string of the molecule is CNCCN(C)Cc1cn[nH]c1C1CCC(N(CCCOC)C(=O)CCC(C)C)CC1. The molecule has 0 aromatic carbocycles. The van der Waals surface area contributed by atoms with E-state index in [1.54, 1.807) is 7.11 Å². The number of methoxy groups -OCH3 is 1. The van der Waals surface area contributed by atoms with Crippen molar-refractivity contribution in [3.8, 4) is 0 Å². The molecule has 0 unspecified atom stereocenters. The minimum atomic E-state index is 0.321. The standard InChI is InChI=1S/C24H45N5O2/c1-19(2)7-12-23(30)29(14-6-16-31-5)22-10-8-20(9-11-22)24-21(17-26-27-24)18-28(4)15-13-25-3/h17,19-20,22,25H,6-16,18H2,1-5H3,(H,26,27). The Hall–Kier alpha value is -1.44. The number of aromatic amines is 1. The van der Waals surface area contributed by atoms with Gasteiger partial charge in [0.05, 0.1) is 6.20 Å². The Kier molecular flexibility index (Phi) is 11.5. The van der Waals surface area contributed by atoms with E-state index in [-0.39, 0.29) is 0 Å². The van der Waals surface area contributed by atoms with E-state index in [0.717, 1.165) is 64.7 Å². The molecular weight excluding hydrogens is 390 g/mol. The van der Waals surface area contributed by atoms with E-state index in [1.165, 1.54) is 11.3 Å². The van der Waals surface area contributed by atoms with Crippen LogP contribution in [0.2, 0.25) is 0 Å². The summed E-state index contributed by atoms with van der Waals surface area (Å²) >= 11 is 0. The van der Waals surface area contributed by atoms with Crippen LogP contribution in [0, 0.1) is 5.92 Å². The minimum Gasteiger partial charge on any atom is -0.385 e. The number of ether oxygens (including phenoxy) is 1. The van der Waals surface area contributed by atoms with E-state index >= 15 is 0 Å². The average Bonchev–Trinajstić information content (AvgIpc) is 3.21. The third kappa shape index (κ3) is 8.54. The van der Waals surface area contributed by atoms with Crippen molar-refractivity contribution >= 4 is 5.91 Å². The van der Waals surface area contributed by atoms with Crippen molar-refractivity contribution in [2.45, 2.75) is 77.3 Å². The summed E-state index contributed by atoms with van der Waals surface area (Å²) in [6.45, 7) is 8.82. The maximum atomic E-state index is 13.0. The van der Waals surface area contributed by atoms with E-state index < -0.39 is 0 Å². The summed E-state index contributed by atoms with van der Waals surface area (Å²) in [6, 6.07) is 0.359. The predicted octanol–water partition coefficient (Wildman–Crippen LogP) is 3.39. The lowest BCUT2D eigenvalue weighted by Gasteiger charge is -2.37. The molecule has 0 atom stereocenters. The van der Waals surface area contributed by atoms with Gasteiger partial charge in [-0.2, -0.15) is 5.10 Å². The second kappa shape index (κ2) is 13.9. The molecule has 1 aromatic rings. The van der Waals surface area contributed by atoms with Crippen LogP contribution in [0.4, 0.5) is 0 Å². The van der Waals surface area contributed by atoms with Crippen molar-refractivity contribution in [2.75, 3.05) is 47.4 Å². The summed E-state index contributed by atoms with van der Waals surface area (Å²) in [7, 11) is 5.88. The van der Waals surface area contributed by atoms with Gasteiger partial charge in [0.15, 0.2) is 0 Å². The topological polar surface area (TPSA) is 73.5 Å². The molecular formula is C24H45N5O2. The Morgan fingerprint density at radius 3 is 2.68 bits per heavy atom. The van der Waals surface area contributed by atoms with Gasteiger partial charge in [-0.15, -0.1) is 0 Å². The van der Waals surface area contributed by atoms with Gasteiger partial charge in [-0.05, 0) is 58.5 Å². The zero-order chi connectivity index (χ0) is 22.6. The molecule has 0 spiro atoms. The summed E-state index contributed by atoms with van der Waals surface area (Å²) in [5.74, 6) is 1.39. The van der Waals surface area contributed by atoms with E-state index in [2.05, 4.69) is 46.2 Å². The van der Waals surface area contributed by atoms with Crippen LogP contribution in [-0.2, 0) is 16.1 Å². The molecule has 0 radical (unpaired) electrons. The molecule has 0 saturated heterocycles. The number of amides is 1. The quantitative estimate of drug-likeness (QED) is 0.438. The molecule has 2 rings (SSSR count). The fraction of sp³-hybridized carbons (Fsp3) is 0.833. The van der Waals surface area contributed by atoms with Gasteiger partial charge in [-0.1, -0.05) is 13.8 Å². The van der Waals surface area contributed by atoms with Crippen molar-refractivity contribution in [2.24, 2.45) is 5.92 Å². The van der Waals surface area contributed by atoms with Crippen molar-refractivity contribution in [1.29, 1.82) is 0 Å². The van der Waals surface area contributed by atoms with Gasteiger partial charge >= 0.3 is 0 Å². The van der Waals surface area contributed by atoms with Crippen LogP contribution < -0.4 is 5.32 Å². The van der Waals surface area contributed by atoms with Crippen molar-refractivity contribution < 1.29 is 9.53 Å². The molecule has 1 saturated carbocycles. The highest BCUT2D eigenvalue weighted by atomic mass is 16.5. The second-order valence-corrected chi connectivity index (χ2v) is 9.52. The molecule has 7 heteroatoms. The second-order valence-electron chi connectivity index (χ2n) is 9.52. The summed E-state index contributed by atoms with van der Waals surface area (Å²) < 4.78 is 5.24. The van der Waals surface area contributed by atoms with Gasteiger partial charge in [-0.3, -0.25) is 9.89 Å². The van der Waals surface area contributed by atoms with E-state index in [0.29, 0.717) is 36.8 Å². The van der Waals surface area contributed by atoms with Crippen LogP contribution in [0.25, 0.3) is 0 Å². The van der Waals surface area contributed by atoms with Gasteiger partial charge in [0.2, 0.25) is 5.91 Å². The zero-order valence-electron chi connectivity index (χ0n) is 20.5. The first-order valence-corrected chi connectivity index (χ1v) is 12.1. The predicted molar refractivity (Wildman–Crippen MR) is 126 cm³/mol. The minimum absolute atomic E-state index is 0.321. The third-order valence-corrected chi connectivity index (χ3v) is 6.48. The Labute approximate surface area is 189 Å². The monoisotopic (exact) mass is 435 g/mol. The van der Waals surface area contributed by atoms with Crippen molar-refractivity contribution in [1.82, 2.24) is 25.3 Å².